The van der Waals surface area contributed by atoms with E-state index in [-0.39, 0.29) is 17.3 Å². The lowest BCUT2D eigenvalue weighted by molar-refractivity contribution is 0.104. The van der Waals surface area contributed by atoms with Gasteiger partial charge in [-0.1, -0.05) is 49.4 Å². The third-order valence-corrected chi connectivity index (χ3v) is 5.37. The standard InChI is InChI=1S/C29H28O3/c1-4-7-21-11-15-28(31)25(18-21)26-19-22(8-5-2)17-24(29(26)32)14-16-27(30)23-12-9-20(6-3)10-13-23/h4-5,9-19,31-32H,1-2,6-8H2,3H3. The van der Waals surface area contributed by atoms with Crippen LogP contribution in [0.15, 0.2) is 86.0 Å². The molecule has 0 atom stereocenters. The van der Waals surface area contributed by atoms with Crippen LogP contribution in [0.4, 0.5) is 0 Å². The van der Waals surface area contributed by atoms with Crippen molar-refractivity contribution in [2.24, 2.45) is 0 Å². The number of rotatable bonds is 9. The van der Waals surface area contributed by atoms with Crippen LogP contribution >= 0.6 is 0 Å². The molecule has 3 aromatic rings. The molecule has 0 heterocycles. The maximum absolute atomic E-state index is 12.6. The van der Waals surface area contributed by atoms with Crippen molar-refractivity contribution in [1.82, 2.24) is 0 Å². The number of hydrogen-bond acceptors (Lipinski definition) is 3. The Kier molecular flexibility index (Phi) is 7.45. The maximum Gasteiger partial charge on any atom is 0.185 e. The minimum absolute atomic E-state index is 0.00856. The van der Waals surface area contributed by atoms with Crippen LogP contribution in [0, 0.1) is 0 Å². The topological polar surface area (TPSA) is 57.5 Å². The molecule has 3 heteroatoms. The van der Waals surface area contributed by atoms with Crippen molar-refractivity contribution < 1.29 is 15.0 Å². The van der Waals surface area contributed by atoms with Gasteiger partial charge in [0.1, 0.15) is 11.5 Å². The van der Waals surface area contributed by atoms with Crippen molar-refractivity contribution in [1.29, 1.82) is 0 Å². The predicted octanol–water partition coefficient (Wildman–Crippen LogP) is 6.68. The molecular weight excluding hydrogens is 396 g/mol. The Morgan fingerprint density at radius 2 is 1.47 bits per heavy atom. The molecule has 0 radical (unpaired) electrons. The summed E-state index contributed by atoms with van der Waals surface area (Å²) in [4.78, 5) is 12.6. The highest BCUT2D eigenvalue weighted by Gasteiger charge is 2.14. The second kappa shape index (κ2) is 10.5. The largest absolute Gasteiger partial charge is 0.507 e. The molecule has 32 heavy (non-hydrogen) atoms. The molecule has 3 nitrogen and oxygen atoms in total. The van der Waals surface area contributed by atoms with Crippen molar-refractivity contribution >= 4 is 11.9 Å². The van der Waals surface area contributed by atoms with E-state index >= 15 is 0 Å². The molecule has 3 aromatic carbocycles. The molecule has 0 fully saturated rings. The summed E-state index contributed by atoms with van der Waals surface area (Å²) in [6, 6.07) is 16.5. The smallest absolute Gasteiger partial charge is 0.185 e. The van der Waals surface area contributed by atoms with Gasteiger partial charge in [-0.25, -0.2) is 0 Å². The van der Waals surface area contributed by atoms with Crippen molar-refractivity contribution in [2.75, 3.05) is 0 Å². The van der Waals surface area contributed by atoms with Crippen LogP contribution in [0.25, 0.3) is 17.2 Å². The van der Waals surface area contributed by atoms with E-state index in [4.69, 9.17) is 0 Å². The van der Waals surface area contributed by atoms with Gasteiger partial charge in [-0.15, -0.1) is 13.2 Å². The minimum Gasteiger partial charge on any atom is -0.507 e. The number of aryl methyl sites for hydroxylation is 1. The van der Waals surface area contributed by atoms with Gasteiger partial charge in [0.25, 0.3) is 0 Å². The van der Waals surface area contributed by atoms with Gasteiger partial charge in [0.2, 0.25) is 0 Å². The molecular formula is C29H28O3. The lowest BCUT2D eigenvalue weighted by atomic mass is 9.94. The first-order valence-electron chi connectivity index (χ1n) is 10.7. The Labute approximate surface area is 189 Å². The average molecular weight is 425 g/mol. The number of ketones is 1. The van der Waals surface area contributed by atoms with Crippen LogP contribution in [-0.4, -0.2) is 16.0 Å². The van der Waals surface area contributed by atoms with Crippen LogP contribution in [0.1, 0.15) is 39.5 Å². The Morgan fingerprint density at radius 1 is 0.844 bits per heavy atom. The summed E-state index contributed by atoms with van der Waals surface area (Å²) in [6.07, 6.45) is 8.80. The van der Waals surface area contributed by atoms with E-state index in [1.807, 2.05) is 48.5 Å². The molecule has 0 saturated carbocycles. The third kappa shape index (κ3) is 5.25. The Bertz CT molecular complexity index is 1170. The van der Waals surface area contributed by atoms with Crippen molar-refractivity contribution in [2.45, 2.75) is 26.2 Å². The number of carbonyl (C=O) groups excluding carboxylic acids is 1. The second-order valence-corrected chi connectivity index (χ2v) is 7.67. The number of carbonyl (C=O) groups is 1. The SMILES string of the molecule is C=CCc1ccc(O)c(-c2cc(CC=C)cc(C=CC(=O)c3ccc(CC)cc3)c2O)c1. The van der Waals surface area contributed by atoms with Gasteiger partial charge in [0.05, 0.1) is 0 Å². The minimum atomic E-state index is -0.140. The van der Waals surface area contributed by atoms with Crippen LogP contribution in [-0.2, 0) is 19.3 Å². The summed E-state index contributed by atoms with van der Waals surface area (Å²) >= 11 is 0. The number of phenols is 2. The number of allylic oxidation sites excluding steroid dienone is 3. The highest BCUT2D eigenvalue weighted by molar-refractivity contribution is 6.07. The van der Waals surface area contributed by atoms with E-state index in [1.165, 1.54) is 11.6 Å². The highest BCUT2D eigenvalue weighted by atomic mass is 16.3. The quantitative estimate of drug-likeness (QED) is 0.229. The Hall–Kier alpha value is -3.85. The predicted molar refractivity (Wildman–Crippen MR) is 132 cm³/mol. The summed E-state index contributed by atoms with van der Waals surface area (Å²) in [5, 5.41) is 21.5. The lowest BCUT2D eigenvalue weighted by Crippen LogP contribution is -1.95. The molecule has 0 aliphatic carbocycles. The van der Waals surface area contributed by atoms with E-state index in [1.54, 1.807) is 24.3 Å². The van der Waals surface area contributed by atoms with Crippen LogP contribution < -0.4 is 0 Å². The zero-order chi connectivity index (χ0) is 23.1. The monoisotopic (exact) mass is 424 g/mol. The fourth-order valence-electron chi connectivity index (χ4n) is 3.59. The number of aromatic hydroxyl groups is 2. The van der Waals surface area contributed by atoms with Gasteiger partial charge in [0.15, 0.2) is 5.78 Å². The summed E-state index contributed by atoms with van der Waals surface area (Å²) in [5.41, 5.74) is 5.20. The molecule has 0 aromatic heterocycles. The van der Waals surface area contributed by atoms with E-state index in [0.717, 1.165) is 17.5 Å². The summed E-state index contributed by atoms with van der Waals surface area (Å²) in [7, 11) is 0. The maximum atomic E-state index is 12.6. The second-order valence-electron chi connectivity index (χ2n) is 7.67. The first-order valence-corrected chi connectivity index (χ1v) is 10.7. The molecule has 3 rings (SSSR count). The highest BCUT2D eigenvalue weighted by Crippen LogP contribution is 2.39. The third-order valence-electron chi connectivity index (χ3n) is 5.37. The fourth-order valence-corrected chi connectivity index (χ4v) is 3.59. The molecule has 162 valence electrons. The molecule has 2 N–H and O–H groups in total. The van der Waals surface area contributed by atoms with Gasteiger partial charge in [-0.2, -0.15) is 0 Å². The molecule has 0 spiro atoms. The van der Waals surface area contributed by atoms with Gasteiger partial charge in [-0.3, -0.25) is 4.79 Å². The normalized spacial score (nSPS) is 10.9. The van der Waals surface area contributed by atoms with Crippen molar-refractivity contribution in [3.63, 3.8) is 0 Å². The summed E-state index contributed by atoms with van der Waals surface area (Å²) in [5.74, 6) is -0.0568. The molecule has 0 unspecified atom stereocenters. The number of hydrogen-bond donors (Lipinski definition) is 2. The van der Waals surface area contributed by atoms with Crippen molar-refractivity contribution in [3.8, 4) is 22.6 Å². The van der Waals surface area contributed by atoms with Crippen LogP contribution in [0.2, 0.25) is 0 Å². The van der Waals surface area contributed by atoms with E-state index in [9.17, 15) is 15.0 Å². The summed E-state index contributed by atoms with van der Waals surface area (Å²) in [6.45, 7) is 9.63. The first-order chi connectivity index (χ1) is 15.5. The van der Waals surface area contributed by atoms with E-state index < -0.39 is 0 Å². The Balaban J connectivity index is 2.03. The van der Waals surface area contributed by atoms with E-state index in [2.05, 4.69) is 20.1 Å². The average Bonchev–Trinajstić information content (AvgIpc) is 2.80. The van der Waals surface area contributed by atoms with Gasteiger partial charge >= 0.3 is 0 Å². The van der Waals surface area contributed by atoms with Crippen LogP contribution in [0.5, 0.6) is 11.5 Å². The molecule has 0 aliphatic rings. The zero-order valence-corrected chi connectivity index (χ0v) is 18.3. The van der Waals surface area contributed by atoms with Crippen LogP contribution in [0.3, 0.4) is 0 Å². The number of phenolic OH excluding ortho intramolecular Hbond substituents is 2. The molecule has 0 aliphatic heterocycles. The molecule has 0 amide bonds. The summed E-state index contributed by atoms with van der Waals surface area (Å²) < 4.78 is 0. The molecule has 0 bridgehead atoms. The number of benzene rings is 3. The lowest BCUT2D eigenvalue weighted by Gasteiger charge is -2.13. The fraction of sp³-hybridized carbons (Fsp3) is 0.138. The Morgan fingerprint density at radius 3 is 2.12 bits per heavy atom. The van der Waals surface area contributed by atoms with Gasteiger partial charge in [0, 0.05) is 22.3 Å². The zero-order valence-electron chi connectivity index (χ0n) is 18.3. The molecule has 0 saturated heterocycles. The van der Waals surface area contributed by atoms with Crippen molar-refractivity contribution in [3.05, 3.63) is 114 Å². The van der Waals surface area contributed by atoms with Gasteiger partial charge in [-0.05, 0) is 72.4 Å². The van der Waals surface area contributed by atoms with E-state index in [0.29, 0.717) is 35.1 Å². The first kappa shape index (κ1) is 22.8. The van der Waals surface area contributed by atoms with Gasteiger partial charge < -0.3 is 10.2 Å².